The molecule has 4 atom stereocenters. The van der Waals surface area contributed by atoms with E-state index in [9.17, 15) is 29.3 Å². The van der Waals surface area contributed by atoms with Gasteiger partial charge in [0.15, 0.2) is 6.10 Å². The quantitative estimate of drug-likeness (QED) is 0.0152. The van der Waals surface area contributed by atoms with Crippen molar-refractivity contribution in [3.8, 4) is 0 Å². The highest BCUT2D eigenvalue weighted by molar-refractivity contribution is 7.47. The number of phosphoric ester groups is 1. The number of aliphatic hydroxyl groups excluding tert-OH is 3. The summed E-state index contributed by atoms with van der Waals surface area (Å²) < 4.78 is 32.7. The Morgan fingerprint density at radius 1 is 0.627 bits per heavy atom. The Morgan fingerprint density at radius 2 is 1.17 bits per heavy atom. The molecule has 0 rings (SSSR count). The maximum Gasteiger partial charge on any atom is 0.472 e. The molecule has 0 aliphatic carbocycles. The highest BCUT2D eigenvalue weighted by atomic mass is 31.2. The van der Waals surface area contributed by atoms with Crippen LogP contribution in [0.3, 0.4) is 0 Å². The highest BCUT2D eigenvalue weighted by Gasteiger charge is 2.27. The van der Waals surface area contributed by atoms with Crippen molar-refractivity contribution in [2.24, 2.45) is 5.92 Å². The minimum Gasteiger partial charge on any atom is -0.462 e. The van der Waals surface area contributed by atoms with Crippen LogP contribution in [0.25, 0.3) is 0 Å². The maximum absolute atomic E-state index is 12.6. The van der Waals surface area contributed by atoms with Gasteiger partial charge in [0, 0.05) is 12.8 Å². The number of hydrogen-bond acceptors (Lipinski definition) is 10. The summed E-state index contributed by atoms with van der Waals surface area (Å²) >= 11 is 0. The van der Waals surface area contributed by atoms with E-state index in [1.165, 1.54) is 77.0 Å². The Balaban J connectivity index is 4.40. The summed E-state index contributed by atoms with van der Waals surface area (Å²) in [5, 5.41) is 28.4. The van der Waals surface area contributed by atoms with Crippen LogP contribution >= 0.6 is 7.82 Å². The number of esters is 2. The number of unbranched alkanes of at least 4 members (excludes halogenated alkanes) is 15. The lowest BCUT2D eigenvalue weighted by Gasteiger charge is -2.20. The van der Waals surface area contributed by atoms with Crippen molar-refractivity contribution in [3.05, 3.63) is 60.8 Å². The van der Waals surface area contributed by atoms with Crippen LogP contribution in [0.5, 0.6) is 0 Å². The Labute approximate surface area is 358 Å². The van der Waals surface area contributed by atoms with Gasteiger partial charge in [0.1, 0.15) is 12.7 Å². The number of allylic oxidation sites excluding steroid dienone is 8. The van der Waals surface area contributed by atoms with E-state index in [1.54, 1.807) is 6.08 Å². The zero-order valence-electron chi connectivity index (χ0n) is 37.0. The van der Waals surface area contributed by atoms with E-state index in [4.69, 9.17) is 19.1 Å². The number of phosphoric acid groups is 1. The smallest absolute Gasteiger partial charge is 0.462 e. The van der Waals surface area contributed by atoms with Gasteiger partial charge in [-0.3, -0.25) is 18.6 Å². The molecule has 342 valence electrons. The van der Waals surface area contributed by atoms with E-state index in [0.717, 1.165) is 38.0 Å². The average molecular weight is 855 g/mol. The first-order valence-electron chi connectivity index (χ1n) is 22.7. The molecule has 0 saturated carbocycles. The number of hydrogen-bond donors (Lipinski definition) is 4. The molecule has 2 unspecified atom stereocenters. The predicted molar refractivity (Wildman–Crippen MR) is 239 cm³/mol. The number of ether oxygens (including phenoxy) is 2. The maximum atomic E-state index is 12.6. The molecule has 0 aromatic heterocycles. The lowest BCUT2D eigenvalue weighted by Crippen LogP contribution is -2.29. The van der Waals surface area contributed by atoms with Gasteiger partial charge in [0.05, 0.1) is 25.9 Å². The molecule has 0 aromatic rings. The second kappa shape index (κ2) is 41.0. The van der Waals surface area contributed by atoms with Gasteiger partial charge in [-0.05, 0) is 50.9 Å². The van der Waals surface area contributed by atoms with E-state index >= 15 is 0 Å². The predicted octanol–water partition coefficient (Wildman–Crippen LogP) is 11.1. The number of aliphatic hydroxyl groups is 3. The van der Waals surface area contributed by atoms with E-state index < -0.39 is 57.9 Å². The minimum atomic E-state index is -4.65. The third kappa shape index (κ3) is 42.1. The molecule has 0 saturated heterocycles. The molecule has 0 bridgehead atoms. The fraction of sp³-hybridized carbons (Fsp3) is 0.745. The lowest BCUT2D eigenvalue weighted by molar-refractivity contribution is -0.161. The lowest BCUT2D eigenvalue weighted by atomic mass is 10.0. The van der Waals surface area contributed by atoms with E-state index in [1.807, 2.05) is 42.5 Å². The van der Waals surface area contributed by atoms with Crippen LogP contribution in [0.1, 0.15) is 175 Å². The summed E-state index contributed by atoms with van der Waals surface area (Å²) in [6.45, 7) is 4.45. The Morgan fingerprint density at radius 3 is 1.78 bits per heavy atom. The first-order valence-corrected chi connectivity index (χ1v) is 24.2. The first-order chi connectivity index (χ1) is 28.5. The number of rotatable bonds is 41. The minimum absolute atomic E-state index is 0.130. The van der Waals surface area contributed by atoms with Crippen LogP contribution in [0.4, 0.5) is 0 Å². The first kappa shape index (κ1) is 56.6. The molecule has 0 aromatic carbocycles. The zero-order valence-corrected chi connectivity index (χ0v) is 37.9. The fourth-order valence-corrected chi connectivity index (χ4v) is 6.73. The molecule has 0 fully saturated rings. The van der Waals surface area contributed by atoms with Crippen LogP contribution in [0.2, 0.25) is 0 Å². The topological polar surface area (TPSA) is 169 Å². The van der Waals surface area contributed by atoms with Crippen LogP contribution in [-0.4, -0.2) is 76.9 Å². The van der Waals surface area contributed by atoms with Gasteiger partial charge in [0.25, 0.3) is 0 Å². The van der Waals surface area contributed by atoms with Crippen molar-refractivity contribution in [3.63, 3.8) is 0 Å². The van der Waals surface area contributed by atoms with E-state index in [0.29, 0.717) is 32.1 Å². The third-order valence-electron chi connectivity index (χ3n) is 9.44. The van der Waals surface area contributed by atoms with Crippen LogP contribution in [0.15, 0.2) is 60.8 Å². The highest BCUT2D eigenvalue weighted by Crippen LogP contribution is 2.43. The summed E-state index contributed by atoms with van der Waals surface area (Å²) in [4.78, 5) is 35.0. The molecule has 0 aliphatic rings. The standard InChI is InChI=1S/C47H83O11P/c1-4-5-6-7-24-29-34-43(49)35-30-25-20-17-18-21-26-31-36-46(51)55-40-45(41-57-59(53,54)56-39-44(50)38-48)58-47(52)37-32-27-22-16-14-12-10-8-9-11-13-15-19-23-28-33-42(2)3/h5-6,18,20-21,24-25,29-30,35,42-45,48-50H,4,7-17,19,22-23,26-28,31-34,36-41H2,1-3H3,(H,53,54)/b6-5-,21-18-,25-20-,29-24-,35-30+/t43?,44-,45+/m0/s1. The van der Waals surface area contributed by atoms with Gasteiger partial charge in [-0.15, -0.1) is 0 Å². The molecule has 59 heavy (non-hydrogen) atoms. The molecule has 0 heterocycles. The summed E-state index contributed by atoms with van der Waals surface area (Å²) in [7, 11) is -4.65. The summed E-state index contributed by atoms with van der Waals surface area (Å²) in [5.74, 6) is -0.211. The van der Waals surface area contributed by atoms with Crippen LogP contribution < -0.4 is 0 Å². The van der Waals surface area contributed by atoms with Gasteiger partial charge in [-0.2, -0.15) is 0 Å². The Kier molecular flexibility index (Phi) is 39.4. The van der Waals surface area contributed by atoms with Gasteiger partial charge < -0.3 is 29.7 Å². The molecule has 11 nitrogen and oxygen atoms in total. The van der Waals surface area contributed by atoms with Crippen molar-refractivity contribution in [1.82, 2.24) is 0 Å². The Bertz CT molecular complexity index is 1200. The average Bonchev–Trinajstić information content (AvgIpc) is 3.20. The van der Waals surface area contributed by atoms with Crippen LogP contribution in [-0.2, 0) is 32.7 Å². The Hall–Kier alpha value is -2.37. The molecular formula is C47H83O11P. The van der Waals surface area contributed by atoms with Gasteiger partial charge >= 0.3 is 19.8 Å². The molecule has 12 heteroatoms. The van der Waals surface area contributed by atoms with Crippen molar-refractivity contribution >= 4 is 19.8 Å². The SMILES string of the molecule is CC/C=C\C/C=C\CC(O)/C=C/C=C\C/C=C\CCCC(=O)OC[C@H](COP(=O)(O)OC[C@@H](O)CO)OC(=O)CCCCCCCCCCCCCCCCCC(C)C. The third-order valence-corrected chi connectivity index (χ3v) is 10.4. The largest absolute Gasteiger partial charge is 0.472 e. The van der Waals surface area contributed by atoms with Gasteiger partial charge in [-0.25, -0.2) is 4.57 Å². The van der Waals surface area contributed by atoms with Crippen molar-refractivity contribution in [2.45, 2.75) is 193 Å². The van der Waals surface area contributed by atoms with Crippen LogP contribution in [0, 0.1) is 5.92 Å². The zero-order chi connectivity index (χ0) is 43.7. The summed E-state index contributed by atoms with van der Waals surface area (Å²) in [6.07, 6.45) is 40.8. The fourth-order valence-electron chi connectivity index (χ4n) is 5.94. The second-order valence-corrected chi connectivity index (χ2v) is 17.2. The van der Waals surface area contributed by atoms with Gasteiger partial charge in [0.2, 0.25) is 0 Å². The summed E-state index contributed by atoms with van der Waals surface area (Å²) in [5.41, 5.74) is 0. The molecule has 0 aliphatic heterocycles. The van der Waals surface area contributed by atoms with E-state index in [-0.39, 0.29) is 19.4 Å². The molecule has 0 amide bonds. The van der Waals surface area contributed by atoms with Crippen molar-refractivity contribution in [2.75, 3.05) is 26.4 Å². The molecule has 4 N–H and O–H groups in total. The van der Waals surface area contributed by atoms with Crippen molar-refractivity contribution in [1.29, 1.82) is 0 Å². The molecular weight excluding hydrogens is 771 g/mol. The number of carbonyl (C=O) groups excluding carboxylic acids is 2. The summed E-state index contributed by atoms with van der Waals surface area (Å²) in [6, 6.07) is 0. The van der Waals surface area contributed by atoms with Crippen molar-refractivity contribution < 1.29 is 52.9 Å². The molecule has 0 radical (unpaired) electrons. The second-order valence-electron chi connectivity index (χ2n) is 15.7. The molecule has 0 spiro atoms. The van der Waals surface area contributed by atoms with E-state index in [2.05, 4.69) is 37.4 Å². The van der Waals surface area contributed by atoms with Gasteiger partial charge in [-0.1, -0.05) is 178 Å². The monoisotopic (exact) mass is 855 g/mol. The normalized spacial score (nSPS) is 15.0. The number of carbonyl (C=O) groups is 2.